The SMILES string of the molecule is COC(=O)C1(CC2CN(S(=O)(=O)c3cccc(C(F)(F)F)c3)c3cc(-c4cc(F)ccc4F)ccc3O2)CCOCC1. The molecule has 5 rings (SSSR count). The van der Waals surface area contributed by atoms with E-state index in [2.05, 4.69) is 0 Å². The number of sulfonamides is 1. The van der Waals surface area contributed by atoms with Crippen molar-refractivity contribution < 1.29 is 49.4 Å². The summed E-state index contributed by atoms with van der Waals surface area (Å²) in [6.45, 7) is 0.167. The predicted molar refractivity (Wildman–Crippen MR) is 141 cm³/mol. The smallest absolute Gasteiger partial charge is 0.416 e. The molecule has 0 amide bonds. The van der Waals surface area contributed by atoms with Gasteiger partial charge in [-0.1, -0.05) is 12.1 Å². The summed E-state index contributed by atoms with van der Waals surface area (Å²) in [6, 6.07) is 10.2. The monoisotopic (exact) mass is 611 g/mol. The zero-order chi connectivity index (χ0) is 30.3. The maximum atomic E-state index is 14.6. The summed E-state index contributed by atoms with van der Waals surface area (Å²) in [5.41, 5.74) is -2.30. The van der Waals surface area contributed by atoms with Crippen molar-refractivity contribution in [1.29, 1.82) is 0 Å². The largest absolute Gasteiger partial charge is 0.486 e. The fourth-order valence-electron chi connectivity index (χ4n) is 5.40. The Bertz CT molecular complexity index is 1600. The third-order valence-electron chi connectivity index (χ3n) is 7.57. The van der Waals surface area contributed by atoms with E-state index in [0.29, 0.717) is 18.9 Å². The van der Waals surface area contributed by atoms with Gasteiger partial charge in [-0.25, -0.2) is 17.2 Å². The lowest BCUT2D eigenvalue weighted by atomic mass is 9.75. The molecule has 1 fully saturated rings. The van der Waals surface area contributed by atoms with Crippen molar-refractivity contribution in [2.75, 3.05) is 31.2 Å². The Hall–Kier alpha value is -3.71. The highest BCUT2D eigenvalue weighted by Gasteiger charge is 2.46. The summed E-state index contributed by atoms with van der Waals surface area (Å²) < 4.78 is 114. The molecule has 0 saturated carbocycles. The van der Waals surface area contributed by atoms with Crippen LogP contribution < -0.4 is 9.04 Å². The van der Waals surface area contributed by atoms with Gasteiger partial charge in [0.15, 0.2) is 0 Å². The number of nitrogens with zero attached hydrogens (tertiary/aromatic N) is 1. The summed E-state index contributed by atoms with van der Waals surface area (Å²) in [7, 11) is -3.41. The molecule has 0 N–H and O–H groups in total. The zero-order valence-electron chi connectivity index (χ0n) is 22.3. The molecule has 2 aliphatic rings. The standard InChI is InChI=1S/C29H26F5NO6S/c1-39-27(36)28(9-11-40-12-10-28)16-21-17-35(42(37,38)22-4-2-3-19(14-22)29(32,33)34)25-13-18(5-8-26(25)41-21)23-15-20(30)6-7-24(23)31/h2-8,13-15,21H,9-12,16-17H2,1H3. The van der Waals surface area contributed by atoms with Crippen LogP contribution in [0.15, 0.2) is 65.6 Å². The molecule has 2 heterocycles. The van der Waals surface area contributed by atoms with Crippen LogP contribution in [0.1, 0.15) is 24.8 Å². The van der Waals surface area contributed by atoms with Crippen molar-refractivity contribution in [3.63, 3.8) is 0 Å². The molecule has 1 saturated heterocycles. The lowest BCUT2D eigenvalue weighted by molar-refractivity contribution is -0.161. The van der Waals surface area contributed by atoms with Gasteiger partial charge in [-0.05, 0) is 66.9 Å². The molecule has 1 atom stereocenters. The minimum absolute atomic E-state index is 0.0365. The van der Waals surface area contributed by atoms with Crippen LogP contribution in [0.25, 0.3) is 11.1 Å². The second-order valence-corrected chi connectivity index (χ2v) is 12.1. The fraction of sp³-hybridized carbons (Fsp3) is 0.345. The molecule has 0 aromatic heterocycles. The highest BCUT2D eigenvalue weighted by atomic mass is 32.2. The Morgan fingerprint density at radius 3 is 2.48 bits per heavy atom. The van der Waals surface area contributed by atoms with Crippen molar-refractivity contribution in [3.8, 4) is 16.9 Å². The van der Waals surface area contributed by atoms with Crippen LogP contribution in [-0.4, -0.2) is 47.4 Å². The van der Waals surface area contributed by atoms with E-state index in [1.165, 1.54) is 25.3 Å². The molecule has 42 heavy (non-hydrogen) atoms. The molecule has 0 spiro atoms. The van der Waals surface area contributed by atoms with E-state index in [9.17, 15) is 35.2 Å². The summed E-state index contributed by atoms with van der Waals surface area (Å²) in [4.78, 5) is 12.2. The molecular formula is C29H26F5NO6S. The second kappa shape index (κ2) is 11.2. The van der Waals surface area contributed by atoms with Gasteiger partial charge in [-0.3, -0.25) is 9.10 Å². The zero-order valence-corrected chi connectivity index (χ0v) is 23.1. The maximum Gasteiger partial charge on any atom is 0.416 e. The molecule has 0 aliphatic carbocycles. The van der Waals surface area contributed by atoms with Crippen molar-refractivity contribution in [2.45, 2.75) is 36.4 Å². The first-order chi connectivity index (χ1) is 19.8. The number of ether oxygens (including phenoxy) is 3. The number of esters is 1. The molecular weight excluding hydrogens is 585 g/mol. The first kappa shape index (κ1) is 29.8. The first-order valence-corrected chi connectivity index (χ1v) is 14.4. The Morgan fingerprint density at radius 1 is 1.05 bits per heavy atom. The minimum Gasteiger partial charge on any atom is -0.486 e. The first-order valence-electron chi connectivity index (χ1n) is 13.0. The quantitative estimate of drug-likeness (QED) is 0.253. The third kappa shape index (κ3) is 5.67. The van der Waals surface area contributed by atoms with Gasteiger partial charge in [-0.2, -0.15) is 13.2 Å². The van der Waals surface area contributed by atoms with E-state index < -0.39 is 55.8 Å². The number of anilines is 1. The van der Waals surface area contributed by atoms with Gasteiger partial charge in [0.2, 0.25) is 0 Å². The molecule has 7 nitrogen and oxygen atoms in total. The Kier molecular flexibility index (Phi) is 7.92. The highest BCUT2D eigenvalue weighted by molar-refractivity contribution is 7.92. The van der Waals surface area contributed by atoms with Crippen LogP contribution in [0.3, 0.4) is 0 Å². The molecule has 224 valence electrons. The number of alkyl halides is 3. The second-order valence-electron chi connectivity index (χ2n) is 10.2. The predicted octanol–water partition coefficient (Wildman–Crippen LogP) is 5.97. The number of hydrogen-bond acceptors (Lipinski definition) is 6. The number of carbonyl (C=O) groups is 1. The normalized spacial score (nSPS) is 18.6. The molecule has 0 radical (unpaired) electrons. The van der Waals surface area contributed by atoms with Gasteiger partial charge in [-0.15, -0.1) is 0 Å². The number of rotatable bonds is 6. The van der Waals surface area contributed by atoms with Gasteiger partial charge in [0, 0.05) is 25.2 Å². The molecule has 13 heteroatoms. The highest BCUT2D eigenvalue weighted by Crippen LogP contribution is 2.45. The number of halogens is 5. The van der Waals surface area contributed by atoms with E-state index in [1.807, 2.05) is 0 Å². The average molecular weight is 612 g/mol. The minimum atomic E-state index is -4.80. The Labute approximate surface area is 238 Å². The van der Waals surface area contributed by atoms with Crippen LogP contribution in [0.2, 0.25) is 0 Å². The van der Waals surface area contributed by atoms with Crippen molar-refractivity contribution in [3.05, 3.63) is 77.9 Å². The number of carbonyl (C=O) groups excluding carboxylic acids is 1. The van der Waals surface area contributed by atoms with Crippen molar-refractivity contribution in [1.82, 2.24) is 0 Å². The van der Waals surface area contributed by atoms with Gasteiger partial charge in [0.25, 0.3) is 10.0 Å². The van der Waals surface area contributed by atoms with E-state index in [-0.39, 0.29) is 48.7 Å². The molecule has 3 aromatic carbocycles. The molecule has 2 aliphatic heterocycles. The van der Waals surface area contributed by atoms with E-state index in [1.54, 1.807) is 0 Å². The number of fused-ring (bicyclic) bond motifs is 1. The van der Waals surface area contributed by atoms with Gasteiger partial charge >= 0.3 is 12.1 Å². The van der Waals surface area contributed by atoms with Gasteiger partial charge in [0.05, 0.1) is 35.2 Å². The Balaban J connectivity index is 1.61. The average Bonchev–Trinajstić information content (AvgIpc) is 2.97. The summed E-state index contributed by atoms with van der Waals surface area (Å²) >= 11 is 0. The van der Waals surface area contributed by atoms with Gasteiger partial charge in [0.1, 0.15) is 23.5 Å². The number of methoxy groups -OCH3 is 1. The molecule has 0 bridgehead atoms. The van der Waals surface area contributed by atoms with E-state index in [4.69, 9.17) is 14.2 Å². The van der Waals surface area contributed by atoms with Crippen molar-refractivity contribution in [2.24, 2.45) is 5.41 Å². The third-order valence-corrected chi connectivity index (χ3v) is 9.34. The Morgan fingerprint density at radius 2 is 1.79 bits per heavy atom. The number of benzene rings is 3. The number of hydrogen-bond donors (Lipinski definition) is 0. The topological polar surface area (TPSA) is 82.1 Å². The summed E-state index contributed by atoms with van der Waals surface area (Å²) in [5.74, 6) is -1.96. The lowest BCUT2D eigenvalue weighted by Crippen LogP contribution is -2.48. The molecule has 3 aromatic rings. The van der Waals surface area contributed by atoms with E-state index in [0.717, 1.165) is 40.7 Å². The van der Waals surface area contributed by atoms with Crippen LogP contribution in [0.5, 0.6) is 5.75 Å². The van der Waals surface area contributed by atoms with Gasteiger partial charge < -0.3 is 14.2 Å². The van der Waals surface area contributed by atoms with Crippen LogP contribution in [-0.2, 0) is 30.5 Å². The lowest BCUT2D eigenvalue weighted by Gasteiger charge is -2.41. The maximum absolute atomic E-state index is 14.6. The summed E-state index contributed by atoms with van der Waals surface area (Å²) in [6.07, 6.45) is -5.08. The summed E-state index contributed by atoms with van der Waals surface area (Å²) in [5, 5.41) is 0. The van der Waals surface area contributed by atoms with Crippen LogP contribution in [0.4, 0.5) is 27.6 Å². The van der Waals surface area contributed by atoms with Crippen molar-refractivity contribution >= 4 is 21.7 Å². The fourth-order valence-corrected chi connectivity index (χ4v) is 6.94. The van der Waals surface area contributed by atoms with E-state index >= 15 is 0 Å². The van der Waals surface area contributed by atoms with Crippen LogP contribution in [0, 0.1) is 17.0 Å². The molecule has 1 unspecified atom stereocenters. The van der Waals surface area contributed by atoms with Crippen LogP contribution >= 0.6 is 0 Å².